The topological polar surface area (TPSA) is 98.1 Å². The van der Waals surface area contributed by atoms with E-state index in [0.29, 0.717) is 11.3 Å². The number of carbonyl (C=O) groups excluding carboxylic acids is 1. The molecule has 2 aromatic carbocycles. The van der Waals surface area contributed by atoms with Crippen molar-refractivity contribution < 1.29 is 24.9 Å². The van der Waals surface area contributed by atoms with Crippen LogP contribution in [0.25, 0.3) is 0 Å². The van der Waals surface area contributed by atoms with Gasteiger partial charge < -0.3 is 15.3 Å². The molecule has 6 heteroatoms. The van der Waals surface area contributed by atoms with Gasteiger partial charge in [-0.05, 0) is 23.8 Å². The molecule has 0 aliphatic rings. The number of rotatable bonds is 5. The molecule has 120 valence electrons. The predicted octanol–water partition coefficient (Wildman–Crippen LogP) is 2.15. The lowest BCUT2D eigenvalue weighted by Crippen LogP contribution is -2.45. The van der Waals surface area contributed by atoms with E-state index in [1.807, 2.05) is 0 Å². The molecule has 0 saturated carbocycles. The number of anilines is 1. The number of carbonyl (C=O) groups is 2. The summed E-state index contributed by atoms with van der Waals surface area (Å²) in [5.41, 5.74) is 0.794. The number of hydrogen-bond acceptors (Lipinski definition) is 4. The fraction of sp³-hybridized carbons (Fsp3) is 0.176. The first-order valence-corrected chi connectivity index (χ1v) is 6.98. The Hall–Kier alpha value is -3.02. The van der Waals surface area contributed by atoms with E-state index in [-0.39, 0.29) is 17.9 Å². The zero-order valence-corrected chi connectivity index (χ0v) is 12.5. The Morgan fingerprint density at radius 1 is 1.09 bits per heavy atom. The third kappa shape index (κ3) is 3.79. The lowest BCUT2D eigenvalue weighted by atomic mass is 10.0. The number of carboxylic acids is 1. The van der Waals surface area contributed by atoms with Gasteiger partial charge in [0.1, 0.15) is 17.5 Å². The zero-order valence-electron chi connectivity index (χ0n) is 12.5. The van der Waals surface area contributed by atoms with E-state index in [2.05, 4.69) is 0 Å². The molecular weight excluding hydrogens is 298 g/mol. The van der Waals surface area contributed by atoms with E-state index in [0.717, 1.165) is 6.07 Å². The van der Waals surface area contributed by atoms with Crippen LogP contribution in [-0.4, -0.2) is 33.2 Å². The van der Waals surface area contributed by atoms with Crippen molar-refractivity contribution in [1.82, 2.24) is 0 Å². The monoisotopic (exact) mass is 315 g/mol. The number of aliphatic carboxylic acids is 1. The predicted molar refractivity (Wildman–Crippen MR) is 84.5 cm³/mol. The first kappa shape index (κ1) is 16.4. The second-order valence-electron chi connectivity index (χ2n) is 5.10. The lowest BCUT2D eigenvalue weighted by Gasteiger charge is -2.28. The van der Waals surface area contributed by atoms with E-state index in [1.54, 1.807) is 30.3 Å². The highest BCUT2D eigenvalue weighted by Crippen LogP contribution is 2.26. The average molecular weight is 315 g/mol. The molecule has 1 unspecified atom stereocenters. The third-order valence-corrected chi connectivity index (χ3v) is 3.45. The number of nitrogens with zero attached hydrogens (tertiary/aromatic N) is 1. The average Bonchev–Trinajstić information content (AvgIpc) is 2.49. The van der Waals surface area contributed by atoms with Gasteiger partial charge in [-0.3, -0.25) is 9.69 Å². The summed E-state index contributed by atoms with van der Waals surface area (Å²) in [6.07, 6.45) is -0.0874. The van der Waals surface area contributed by atoms with Gasteiger partial charge in [-0.1, -0.05) is 24.3 Å². The van der Waals surface area contributed by atoms with Crippen LogP contribution in [0.3, 0.4) is 0 Å². The van der Waals surface area contributed by atoms with Crippen molar-refractivity contribution in [2.45, 2.75) is 19.4 Å². The maximum Gasteiger partial charge on any atom is 0.327 e. The number of para-hydroxylation sites is 1. The van der Waals surface area contributed by atoms with Crippen molar-refractivity contribution in [3.63, 3.8) is 0 Å². The summed E-state index contributed by atoms with van der Waals surface area (Å²) in [5, 5.41) is 28.7. The highest BCUT2D eigenvalue weighted by molar-refractivity contribution is 5.98. The van der Waals surface area contributed by atoms with Crippen LogP contribution in [0, 0.1) is 0 Å². The largest absolute Gasteiger partial charge is 0.508 e. The van der Waals surface area contributed by atoms with Gasteiger partial charge in [-0.2, -0.15) is 0 Å². The maximum atomic E-state index is 12.0. The SMILES string of the molecule is CC(=O)N(c1ccccc1)C(Cc1ccc(O)cc1O)C(=O)O. The lowest BCUT2D eigenvalue weighted by molar-refractivity contribution is -0.140. The van der Waals surface area contributed by atoms with Crippen molar-refractivity contribution in [3.05, 3.63) is 54.1 Å². The standard InChI is InChI=1S/C17H17NO5/c1-11(19)18(13-5-3-2-4-6-13)15(17(22)23)9-12-7-8-14(20)10-16(12)21/h2-8,10,15,20-21H,9H2,1H3,(H,22,23). The molecule has 2 aromatic rings. The van der Waals surface area contributed by atoms with Gasteiger partial charge in [0.2, 0.25) is 5.91 Å². The van der Waals surface area contributed by atoms with E-state index in [4.69, 9.17) is 0 Å². The van der Waals surface area contributed by atoms with Crippen LogP contribution in [0.15, 0.2) is 48.5 Å². The summed E-state index contributed by atoms with van der Waals surface area (Å²) < 4.78 is 0. The van der Waals surface area contributed by atoms with E-state index < -0.39 is 17.9 Å². The number of benzene rings is 2. The first-order valence-electron chi connectivity index (χ1n) is 6.98. The van der Waals surface area contributed by atoms with Gasteiger partial charge in [-0.25, -0.2) is 4.79 Å². The van der Waals surface area contributed by atoms with Crippen LogP contribution in [-0.2, 0) is 16.0 Å². The van der Waals surface area contributed by atoms with Crippen molar-refractivity contribution in [3.8, 4) is 11.5 Å². The molecule has 0 aromatic heterocycles. The van der Waals surface area contributed by atoms with Crippen LogP contribution in [0.4, 0.5) is 5.69 Å². The fourth-order valence-electron chi connectivity index (χ4n) is 2.39. The molecular formula is C17H17NO5. The third-order valence-electron chi connectivity index (χ3n) is 3.45. The van der Waals surface area contributed by atoms with E-state index in [9.17, 15) is 24.9 Å². The molecule has 0 radical (unpaired) electrons. The van der Waals surface area contributed by atoms with E-state index in [1.165, 1.54) is 24.0 Å². The van der Waals surface area contributed by atoms with Gasteiger partial charge in [0.25, 0.3) is 0 Å². The van der Waals surface area contributed by atoms with E-state index >= 15 is 0 Å². The Bertz CT molecular complexity index is 714. The highest BCUT2D eigenvalue weighted by atomic mass is 16.4. The maximum absolute atomic E-state index is 12.0. The molecule has 6 nitrogen and oxygen atoms in total. The minimum atomic E-state index is -1.18. The molecule has 0 saturated heterocycles. The molecule has 0 heterocycles. The molecule has 0 bridgehead atoms. The summed E-state index contributed by atoms with van der Waals surface area (Å²) in [6.45, 7) is 1.29. The Labute approximate surface area is 133 Å². The molecule has 1 atom stereocenters. The second kappa shape index (κ2) is 6.83. The van der Waals surface area contributed by atoms with Gasteiger partial charge >= 0.3 is 5.97 Å². The molecule has 0 aliphatic heterocycles. The quantitative estimate of drug-likeness (QED) is 0.785. The normalized spacial score (nSPS) is 11.7. The van der Waals surface area contributed by atoms with Crippen LogP contribution in [0.1, 0.15) is 12.5 Å². The summed E-state index contributed by atoms with van der Waals surface area (Å²) in [7, 11) is 0. The highest BCUT2D eigenvalue weighted by Gasteiger charge is 2.30. The molecule has 0 aliphatic carbocycles. The van der Waals surface area contributed by atoms with Crippen LogP contribution in [0.5, 0.6) is 11.5 Å². The number of carboxylic acid groups (broad SMARTS) is 1. The summed E-state index contributed by atoms with van der Waals surface area (Å²) in [6, 6.07) is 11.2. The van der Waals surface area contributed by atoms with Crippen LogP contribution < -0.4 is 4.90 Å². The molecule has 0 fully saturated rings. The molecule has 23 heavy (non-hydrogen) atoms. The number of aromatic hydroxyl groups is 2. The van der Waals surface area contributed by atoms with Gasteiger partial charge in [0.05, 0.1) is 0 Å². The number of phenols is 2. The summed E-state index contributed by atoms with van der Waals surface area (Å²) >= 11 is 0. The molecule has 3 N–H and O–H groups in total. The Morgan fingerprint density at radius 3 is 2.26 bits per heavy atom. The molecule has 1 amide bonds. The zero-order chi connectivity index (χ0) is 17.0. The first-order chi connectivity index (χ1) is 10.9. The number of amides is 1. The molecule has 0 spiro atoms. The second-order valence-corrected chi connectivity index (χ2v) is 5.10. The van der Waals surface area contributed by atoms with Crippen molar-refractivity contribution >= 4 is 17.6 Å². The van der Waals surface area contributed by atoms with Crippen LogP contribution >= 0.6 is 0 Å². The smallest absolute Gasteiger partial charge is 0.327 e. The van der Waals surface area contributed by atoms with Crippen LogP contribution in [0.2, 0.25) is 0 Å². The molecule has 2 rings (SSSR count). The minimum absolute atomic E-state index is 0.0874. The number of phenolic OH excluding ortho intramolecular Hbond substituents is 2. The van der Waals surface area contributed by atoms with Crippen molar-refractivity contribution in [2.75, 3.05) is 4.90 Å². The fourth-order valence-corrected chi connectivity index (χ4v) is 2.39. The van der Waals surface area contributed by atoms with Gasteiger partial charge in [0, 0.05) is 25.1 Å². The Morgan fingerprint density at radius 2 is 1.74 bits per heavy atom. The number of hydrogen-bond donors (Lipinski definition) is 3. The summed E-state index contributed by atoms with van der Waals surface area (Å²) in [4.78, 5) is 24.8. The van der Waals surface area contributed by atoms with Gasteiger partial charge in [-0.15, -0.1) is 0 Å². The summed E-state index contributed by atoms with van der Waals surface area (Å²) in [5.74, 6) is -1.93. The van der Waals surface area contributed by atoms with Crippen molar-refractivity contribution in [2.24, 2.45) is 0 Å². The van der Waals surface area contributed by atoms with Gasteiger partial charge in [0.15, 0.2) is 0 Å². The Balaban J connectivity index is 2.39. The Kier molecular flexibility index (Phi) is 4.85. The van der Waals surface area contributed by atoms with Crippen molar-refractivity contribution in [1.29, 1.82) is 0 Å². The minimum Gasteiger partial charge on any atom is -0.508 e.